The number of halogens is 1. The van der Waals surface area contributed by atoms with Gasteiger partial charge in [-0.05, 0) is 6.42 Å². The van der Waals surface area contributed by atoms with Gasteiger partial charge < -0.3 is 17.0 Å². The fourth-order valence-electron chi connectivity index (χ4n) is 0.856. The molecule has 0 saturated heterocycles. The van der Waals surface area contributed by atoms with Crippen molar-refractivity contribution in [1.29, 1.82) is 0 Å². The molecule has 0 unspecified atom stereocenters. The minimum Gasteiger partial charge on any atom is -1.00 e. The molecule has 1 aromatic heterocycles. The molecule has 1 heterocycles. The monoisotopic (exact) mass is 236 g/mol. The van der Waals surface area contributed by atoms with Gasteiger partial charge in [0.25, 0.3) is 6.33 Å². The molecule has 11 heavy (non-hydrogen) atoms. The molecule has 2 nitrogen and oxygen atoms in total. The van der Waals surface area contributed by atoms with Crippen molar-refractivity contribution in [2.24, 2.45) is 0 Å². The quantitative estimate of drug-likeness (QED) is 0.472. The van der Waals surface area contributed by atoms with E-state index < -0.39 is 0 Å². The number of unbranched alkanes of at least 4 members (excludes halogenated alkanes) is 1. The number of hydrogen-bond acceptors (Lipinski definition) is 1. The van der Waals surface area contributed by atoms with E-state index >= 15 is 0 Å². The maximum absolute atomic E-state index is 4.12. The van der Waals surface area contributed by atoms with Crippen LogP contribution in [0.1, 0.15) is 19.8 Å². The van der Waals surface area contributed by atoms with Crippen LogP contribution in [0.5, 0.6) is 0 Å². The van der Waals surface area contributed by atoms with Gasteiger partial charge in [-0.3, -0.25) is 0 Å². The van der Waals surface area contributed by atoms with Crippen LogP contribution in [-0.4, -0.2) is 3.97 Å². The van der Waals surface area contributed by atoms with E-state index in [1.807, 2.05) is 18.7 Å². The Kier molecular flexibility index (Phi) is 5.68. The lowest BCUT2D eigenvalue weighted by molar-refractivity contribution is -0.696. The first kappa shape index (κ1) is 11.0. The van der Waals surface area contributed by atoms with Crippen molar-refractivity contribution in [3.63, 3.8) is 0 Å². The third-order valence-electron chi connectivity index (χ3n) is 1.45. The van der Waals surface area contributed by atoms with Gasteiger partial charge >= 0.3 is 0 Å². The standard InChI is InChI=1S/C7H13N2S.BrH/c1-2-3-4-8-5-6-9(10)7-8;/h5-7,10H,2-4H2,1H3;1H/q+1;/p-1. The average molecular weight is 237 g/mol. The van der Waals surface area contributed by atoms with E-state index in [9.17, 15) is 0 Å². The molecule has 0 spiro atoms. The number of hydrogen-bond donors (Lipinski definition) is 1. The Balaban J connectivity index is 0.000001000. The Hall–Kier alpha value is 0.0400. The van der Waals surface area contributed by atoms with Crippen molar-refractivity contribution in [2.75, 3.05) is 0 Å². The molecule has 0 radical (unpaired) electrons. The van der Waals surface area contributed by atoms with Gasteiger partial charge in [0.1, 0.15) is 12.4 Å². The van der Waals surface area contributed by atoms with Gasteiger partial charge in [-0.1, -0.05) is 13.3 Å². The van der Waals surface area contributed by atoms with Crippen LogP contribution >= 0.6 is 12.8 Å². The van der Waals surface area contributed by atoms with Crippen LogP contribution in [-0.2, 0) is 6.54 Å². The predicted molar refractivity (Wildman–Crippen MR) is 43.9 cm³/mol. The molecule has 1 aromatic rings. The Labute approximate surface area is 83.5 Å². The van der Waals surface area contributed by atoms with Crippen LogP contribution in [0.25, 0.3) is 0 Å². The van der Waals surface area contributed by atoms with Gasteiger partial charge in [-0.25, -0.2) is 4.57 Å². The Morgan fingerprint density at radius 1 is 1.55 bits per heavy atom. The molecule has 0 bridgehead atoms. The van der Waals surface area contributed by atoms with Crippen molar-refractivity contribution in [1.82, 2.24) is 3.97 Å². The van der Waals surface area contributed by atoms with Crippen molar-refractivity contribution in [3.8, 4) is 0 Å². The van der Waals surface area contributed by atoms with Crippen LogP contribution in [0.15, 0.2) is 18.7 Å². The third kappa shape index (κ3) is 3.82. The van der Waals surface area contributed by atoms with Crippen molar-refractivity contribution in [2.45, 2.75) is 26.3 Å². The molecule has 0 saturated carbocycles. The summed E-state index contributed by atoms with van der Waals surface area (Å²) in [5, 5.41) is 0. The fourth-order valence-corrected chi connectivity index (χ4v) is 1.05. The van der Waals surface area contributed by atoms with Gasteiger partial charge in [0.2, 0.25) is 0 Å². The van der Waals surface area contributed by atoms with E-state index in [-0.39, 0.29) is 17.0 Å². The van der Waals surface area contributed by atoms with E-state index in [0.29, 0.717) is 0 Å². The zero-order valence-electron chi connectivity index (χ0n) is 6.57. The highest BCUT2D eigenvalue weighted by atomic mass is 79.9. The zero-order chi connectivity index (χ0) is 7.40. The van der Waals surface area contributed by atoms with Gasteiger partial charge in [-0.2, -0.15) is 3.97 Å². The average Bonchev–Trinajstić information content (AvgIpc) is 2.31. The van der Waals surface area contributed by atoms with E-state index in [0.717, 1.165) is 6.54 Å². The van der Waals surface area contributed by atoms with Crippen LogP contribution < -0.4 is 21.5 Å². The summed E-state index contributed by atoms with van der Waals surface area (Å²) in [6, 6.07) is 0. The second-order valence-electron chi connectivity index (χ2n) is 2.39. The van der Waals surface area contributed by atoms with E-state index in [2.05, 4.69) is 24.3 Å². The third-order valence-corrected chi connectivity index (χ3v) is 1.68. The highest BCUT2D eigenvalue weighted by molar-refractivity contribution is 7.78. The van der Waals surface area contributed by atoms with Gasteiger partial charge in [0, 0.05) is 12.8 Å². The maximum Gasteiger partial charge on any atom is 0.255 e. The van der Waals surface area contributed by atoms with E-state index in [4.69, 9.17) is 0 Å². The molecule has 0 aliphatic heterocycles. The lowest BCUT2D eigenvalue weighted by atomic mass is 10.3. The summed E-state index contributed by atoms with van der Waals surface area (Å²) in [7, 11) is 0. The summed E-state index contributed by atoms with van der Waals surface area (Å²) < 4.78 is 3.89. The van der Waals surface area contributed by atoms with E-state index in [1.54, 1.807) is 3.97 Å². The largest absolute Gasteiger partial charge is 1.00 e. The van der Waals surface area contributed by atoms with Gasteiger partial charge in [0.15, 0.2) is 0 Å². The van der Waals surface area contributed by atoms with Gasteiger partial charge in [-0.15, -0.1) is 0 Å². The number of rotatable bonds is 3. The summed E-state index contributed by atoms with van der Waals surface area (Å²) in [5.41, 5.74) is 0. The van der Waals surface area contributed by atoms with Gasteiger partial charge in [0.05, 0.1) is 6.54 Å². The molecular formula is C7H13BrN2S. The summed E-state index contributed by atoms with van der Waals surface area (Å²) >= 11 is 4.12. The first-order chi connectivity index (χ1) is 4.83. The first-order valence-corrected chi connectivity index (χ1v) is 3.99. The van der Waals surface area contributed by atoms with Crippen molar-refractivity contribution >= 4 is 12.8 Å². The van der Waals surface area contributed by atoms with Crippen LogP contribution in [0.2, 0.25) is 0 Å². The molecule has 4 heteroatoms. The number of thiol groups is 1. The maximum atomic E-state index is 4.12. The molecule has 1 rings (SSSR count). The molecular weight excluding hydrogens is 224 g/mol. The number of aryl methyl sites for hydroxylation is 1. The first-order valence-electron chi connectivity index (χ1n) is 3.59. The summed E-state index contributed by atoms with van der Waals surface area (Å²) in [6.45, 7) is 3.29. The second kappa shape index (κ2) is 5.66. The predicted octanol–water partition coefficient (Wildman–Crippen LogP) is -1.73. The smallest absolute Gasteiger partial charge is 0.255 e. The molecule has 0 atom stereocenters. The Morgan fingerprint density at radius 3 is 2.73 bits per heavy atom. The molecule has 0 amide bonds. The van der Waals surface area contributed by atoms with Crippen molar-refractivity contribution < 1.29 is 21.5 Å². The number of aromatic nitrogens is 2. The summed E-state index contributed by atoms with van der Waals surface area (Å²) in [4.78, 5) is 0. The highest BCUT2D eigenvalue weighted by Crippen LogP contribution is 1.88. The number of imidazole rings is 1. The van der Waals surface area contributed by atoms with E-state index in [1.165, 1.54) is 12.8 Å². The number of nitrogens with zero attached hydrogens (tertiary/aromatic N) is 2. The Morgan fingerprint density at radius 2 is 2.27 bits per heavy atom. The summed E-state index contributed by atoms with van der Waals surface area (Å²) in [5.74, 6) is 0. The molecule has 0 aliphatic rings. The molecule has 0 aliphatic carbocycles. The van der Waals surface area contributed by atoms with Crippen LogP contribution in [0.4, 0.5) is 0 Å². The van der Waals surface area contributed by atoms with Crippen molar-refractivity contribution in [3.05, 3.63) is 18.7 Å². The zero-order valence-corrected chi connectivity index (χ0v) is 9.05. The molecule has 0 N–H and O–H groups in total. The minimum absolute atomic E-state index is 0. The lowest BCUT2D eigenvalue weighted by Gasteiger charge is -1.90. The topological polar surface area (TPSA) is 8.81 Å². The molecule has 64 valence electrons. The highest BCUT2D eigenvalue weighted by Gasteiger charge is 1.97. The molecule has 0 aromatic carbocycles. The summed E-state index contributed by atoms with van der Waals surface area (Å²) in [6.07, 6.45) is 8.41. The van der Waals surface area contributed by atoms with Crippen LogP contribution in [0.3, 0.4) is 0 Å². The lowest BCUT2D eigenvalue weighted by Crippen LogP contribution is -3.00. The van der Waals surface area contributed by atoms with Crippen LogP contribution in [0, 0.1) is 0 Å². The Bertz CT molecular complexity index is 200. The fraction of sp³-hybridized carbons (Fsp3) is 0.571. The normalized spacial score (nSPS) is 9.27. The minimum atomic E-state index is 0. The molecule has 0 fully saturated rings. The second-order valence-corrected chi connectivity index (χ2v) is 2.85. The SMILES string of the molecule is CCCC[n+]1ccn(S)c1.[Br-].